The Hall–Kier alpha value is -3.13. The Labute approximate surface area is 146 Å². The molecule has 2 nitrogen and oxygen atoms in total. The molecule has 2 aromatic carbocycles. The fourth-order valence-corrected chi connectivity index (χ4v) is 4.14. The molecule has 120 valence electrons. The number of hydrogen-bond donors (Lipinski definition) is 1. The normalized spacial score (nSPS) is 20.2. The topological polar surface area (TPSA) is 37.3 Å². The Morgan fingerprint density at radius 2 is 1.72 bits per heavy atom. The summed E-state index contributed by atoms with van der Waals surface area (Å²) in [4.78, 5) is 12.9. The Balaban J connectivity index is 1.59. The van der Waals surface area contributed by atoms with Gasteiger partial charge in [-0.3, -0.25) is 4.79 Å². The predicted molar refractivity (Wildman–Crippen MR) is 98.9 cm³/mol. The van der Waals surface area contributed by atoms with Crippen LogP contribution in [0.25, 0.3) is 11.1 Å². The maximum Gasteiger partial charge on any atom is 0.186 e. The molecule has 5 rings (SSSR count). The molecule has 0 saturated carbocycles. The average Bonchev–Trinajstić information content (AvgIpc) is 2.97. The van der Waals surface area contributed by atoms with Gasteiger partial charge in [-0.1, -0.05) is 60.2 Å². The van der Waals surface area contributed by atoms with Crippen LogP contribution in [0.4, 0.5) is 0 Å². The molecular weight excluding hydrogens is 308 g/mol. The van der Waals surface area contributed by atoms with Gasteiger partial charge in [0.05, 0.1) is 0 Å². The summed E-state index contributed by atoms with van der Waals surface area (Å²) >= 11 is 0. The van der Waals surface area contributed by atoms with E-state index in [1.807, 2.05) is 36.4 Å². The molecule has 0 radical (unpaired) electrons. The summed E-state index contributed by atoms with van der Waals surface area (Å²) in [6, 6.07) is 15.4. The number of phenols is 1. The molecule has 1 atom stereocenters. The summed E-state index contributed by atoms with van der Waals surface area (Å²) in [5, 5.41) is 9.48. The zero-order valence-electron chi connectivity index (χ0n) is 13.6. The zero-order valence-corrected chi connectivity index (χ0v) is 13.6. The summed E-state index contributed by atoms with van der Waals surface area (Å²) < 4.78 is 0. The summed E-state index contributed by atoms with van der Waals surface area (Å²) in [7, 11) is 0. The van der Waals surface area contributed by atoms with Gasteiger partial charge in [0.2, 0.25) is 0 Å². The van der Waals surface area contributed by atoms with Gasteiger partial charge in [-0.2, -0.15) is 0 Å². The molecule has 0 bridgehead atoms. The molecule has 0 aromatic heterocycles. The van der Waals surface area contributed by atoms with Crippen LogP contribution in [0.1, 0.15) is 16.7 Å². The number of ketones is 1. The highest BCUT2D eigenvalue weighted by Crippen LogP contribution is 2.51. The number of phenolic OH excluding ortho intramolecular Hbond substituents is 1. The average molecular weight is 324 g/mol. The number of rotatable bonds is 2. The molecule has 0 spiro atoms. The standard InChI is InChI=1S/C23H16O2/c24-16-10-8-14(9-11-16)12-15-13-21(25)23-20-5-2-1-4-18(20)19-7-3-6-17(15)22(19)23/h1-11,13,17,24H,12H2. The fourth-order valence-electron chi connectivity index (χ4n) is 4.14. The van der Waals surface area contributed by atoms with E-state index >= 15 is 0 Å². The third-order valence-electron chi connectivity index (χ3n) is 5.23. The lowest BCUT2D eigenvalue weighted by Gasteiger charge is -2.27. The number of carbonyl (C=O) groups excluding carboxylic acids is 1. The Morgan fingerprint density at radius 1 is 0.960 bits per heavy atom. The third kappa shape index (κ3) is 2.07. The molecule has 0 amide bonds. The van der Waals surface area contributed by atoms with Crippen molar-refractivity contribution >= 4 is 16.9 Å². The van der Waals surface area contributed by atoms with E-state index in [-0.39, 0.29) is 17.5 Å². The van der Waals surface area contributed by atoms with E-state index in [0.29, 0.717) is 6.42 Å². The van der Waals surface area contributed by atoms with Gasteiger partial charge in [0.1, 0.15) is 5.75 Å². The maximum atomic E-state index is 12.9. The van der Waals surface area contributed by atoms with Crippen LogP contribution in [0.3, 0.4) is 0 Å². The second-order valence-electron chi connectivity index (χ2n) is 6.70. The van der Waals surface area contributed by atoms with E-state index < -0.39 is 0 Å². The quantitative estimate of drug-likeness (QED) is 0.884. The lowest BCUT2D eigenvalue weighted by Crippen LogP contribution is -2.18. The van der Waals surface area contributed by atoms with Gasteiger partial charge in [0, 0.05) is 11.5 Å². The fraction of sp³-hybridized carbons (Fsp3) is 0.0870. The largest absolute Gasteiger partial charge is 0.508 e. The molecule has 0 saturated heterocycles. The van der Waals surface area contributed by atoms with Crippen LogP contribution in [-0.4, -0.2) is 10.9 Å². The smallest absolute Gasteiger partial charge is 0.186 e. The maximum absolute atomic E-state index is 12.9. The van der Waals surface area contributed by atoms with E-state index in [1.54, 1.807) is 12.1 Å². The lowest BCUT2D eigenvalue weighted by molar-refractivity contribution is -0.109. The monoisotopic (exact) mass is 324 g/mol. The second-order valence-corrected chi connectivity index (χ2v) is 6.70. The van der Waals surface area contributed by atoms with Crippen molar-refractivity contribution in [2.75, 3.05) is 0 Å². The van der Waals surface area contributed by atoms with E-state index in [0.717, 1.165) is 33.4 Å². The van der Waals surface area contributed by atoms with Crippen LogP contribution < -0.4 is 0 Å². The van der Waals surface area contributed by atoms with E-state index in [9.17, 15) is 9.90 Å². The van der Waals surface area contributed by atoms with Crippen LogP contribution >= 0.6 is 0 Å². The lowest BCUT2D eigenvalue weighted by atomic mass is 9.76. The zero-order chi connectivity index (χ0) is 17.0. The number of carbonyl (C=O) groups is 1. The summed E-state index contributed by atoms with van der Waals surface area (Å²) in [5.74, 6) is 0.511. The van der Waals surface area contributed by atoms with Gasteiger partial charge in [0.25, 0.3) is 0 Å². The van der Waals surface area contributed by atoms with E-state index in [2.05, 4.69) is 24.3 Å². The molecule has 3 aliphatic carbocycles. The number of fused-ring (bicyclic) bond motifs is 3. The number of hydrogen-bond acceptors (Lipinski definition) is 2. The minimum absolute atomic E-state index is 0.103. The first-order valence-electron chi connectivity index (χ1n) is 8.48. The highest BCUT2D eigenvalue weighted by Gasteiger charge is 2.38. The molecule has 1 N–H and O–H groups in total. The van der Waals surface area contributed by atoms with Crippen molar-refractivity contribution in [3.63, 3.8) is 0 Å². The van der Waals surface area contributed by atoms with Gasteiger partial charge in [-0.05, 0) is 52.5 Å². The van der Waals surface area contributed by atoms with Crippen LogP contribution in [0.2, 0.25) is 0 Å². The van der Waals surface area contributed by atoms with Crippen LogP contribution in [0.15, 0.2) is 84.0 Å². The highest BCUT2D eigenvalue weighted by molar-refractivity contribution is 6.33. The Bertz CT molecular complexity index is 1030. The van der Waals surface area contributed by atoms with Crippen molar-refractivity contribution in [2.24, 2.45) is 5.92 Å². The van der Waals surface area contributed by atoms with Gasteiger partial charge in [0.15, 0.2) is 5.78 Å². The first kappa shape index (κ1) is 14.2. The molecule has 2 aromatic rings. The van der Waals surface area contributed by atoms with Gasteiger partial charge >= 0.3 is 0 Å². The number of aromatic hydroxyl groups is 1. The second kappa shape index (κ2) is 5.18. The van der Waals surface area contributed by atoms with Crippen molar-refractivity contribution in [3.8, 4) is 5.75 Å². The number of allylic oxidation sites excluding steroid dienone is 8. The molecular formula is C23H16O2. The minimum Gasteiger partial charge on any atom is -0.508 e. The first-order chi connectivity index (χ1) is 12.2. The number of benzene rings is 2. The molecule has 2 heteroatoms. The Kier molecular flexibility index (Phi) is 2.95. The summed E-state index contributed by atoms with van der Waals surface area (Å²) in [6.07, 6.45) is 8.93. The minimum atomic E-state index is 0.103. The molecule has 0 aliphatic heterocycles. The van der Waals surface area contributed by atoms with E-state index in [1.165, 1.54) is 5.57 Å². The van der Waals surface area contributed by atoms with Crippen molar-refractivity contribution in [3.05, 3.63) is 101 Å². The van der Waals surface area contributed by atoms with Crippen molar-refractivity contribution in [1.82, 2.24) is 0 Å². The molecule has 3 aliphatic rings. The van der Waals surface area contributed by atoms with Crippen molar-refractivity contribution in [2.45, 2.75) is 6.42 Å². The first-order valence-corrected chi connectivity index (χ1v) is 8.48. The van der Waals surface area contributed by atoms with Crippen LogP contribution in [0.5, 0.6) is 5.75 Å². The summed E-state index contributed by atoms with van der Waals surface area (Å²) in [6.45, 7) is 0. The van der Waals surface area contributed by atoms with Crippen molar-refractivity contribution < 1.29 is 9.90 Å². The van der Waals surface area contributed by atoms with E-state index in [4.69, 9.17) is 0 Å². The molecule has 0 heterocycles. The third-order valence-corrected chi connectivity index (χ3v) is 5.23. The molecule has 1 unspecified atom stereocenters. The van der Waals surface area contributed by atoms with Crippen LogP contribution in [0, 0.1) is 5.92 Å². The molecule has 25 heavy (non-hydrogen) atoms. The Morgan fingerprint density at radius 3 is 2.52 bits per heavy atom. The van der Waals surface area contributed by atoms with Gasteiger partial charge < -0.3 is 5.11 Å². The van der Waals surface area contributed by atoms with Gasteiger partial charge in [-0.25, -0.2) is 0 Å². The highest BCUT2D eigenvalue weighted by atomic mass is 16.3. The molecule has 0 fully saturated rings. The van der Waals surface area contributed by atoms with Crippen molar-refractivity contribution in [1.29, 1.82) is 0 Å². The SMILES string of the molecule is O=C1C=C(Cc2ccc(O)cc2)C2C=CC=C3C2=C1c1ccccc13. The van der Waals surface area contributed by atoms with Crippen LogP contribution in [-0.2, 0) is 11.2 Å². The summed E-state index contributed by atoms with van der Waals surface area (Å²) in [5.41, 5.74) is 7.64. The predicted octanol–water partition coefficient (Wildman–Crippen LogP) is 4.48. The van der Waals surface area contributed by atoms with Gasteiger partial charge in [-0.15, -0.1) is 0 Å².